The summed E-state index contributed by atoms with van der Waals surface area (Å²) in [6.07, 6.45) is 3.26. The predicted molar refractivity (Wildman–Crippen MR) is 122 cm³/mol. The molecule has 0 bridgehead atoms. The van der Waals surface area contributed by atoms with Crippen LogP contribution in [0.25, 0.3) is 28.1 Å². The third-order valence-electron chi connectivity index (χ3n) is 6.12. The van der Waals surface area contributed by atoms with Crippen LogP contribution >= 0.6 is 0 Å². The van der Waals surface area contributed by atoms with Gasteiger partial charge in [0.25, 0.3) is 0 Å². The fourth-order valence-corrected chi connectivity index (χ4v) is 4.63. The maximum Gasteiger partial charge on any atom is 0.310 e. The minimum atomic E-state index is -1.21. The molecule has 0 spiro atoms. The van der Waals surface area contributed by atoms with Gasteiger partial charge >= 0.3 is 5.97 Å². The van der Waals surface area contributed by atoms with Crippen LogP contribution in [0.2, 0.25) is 0 Å². The molecule has 1 aliphatic rings. The molecule has 6 heteroatoms. The topological polar surface area (TPSA) is 79.5 Å². The van der Waals surface area contributed by atoms with Crippen LogP contribution < -0.4 is 0 Å². The van der Waals surface area contributed by atoms with E-state index in [4.69, 9.17) is 5.11 Å². The van der Waals surface area contributed by atoms with Crippen molar-refractivity contribution in [3.8, 4) is 11.1 Å². The van der Waals surface area contributed by atoms with Crippen LogP contribution in [0.15, 0.2) is 48.5 Å². The smallest absolute Gasteiger partial charge is 0.310 e. The maximum atomic E-state index is 13.6. The summed E-state index contributed by atoms with van der Waals surface area (Å²) < 4.78 is 15.9. The second-order valence-corrected chi connectivity index (χ2v) is 8.97. The summed E-state index contributed by atoms with van der Waals surface area (Å²) in [4.78, 5) is 22.5. The second-order valence-electron chi connectivity index (χ2n) is 8.97. The molecule has 2 N–H and O–H groups in total. The Balaban J connectivity index is 1.86. The normalized spacial score (nSPS) is 15.9. The molecule has 1 aromatic heterocycles. The highest BCUT2D eigenvalue weighted by Gasteiger charge is 2.32. The molecule has 2 heterocycles. The summed E-state index contributed by atoms with van der Waals surface area (Å²) in [5.41, 5.74) is 4.85. The molecule has 1 unspecified atom stereocenters. The zero-order valence-corrected chi connectivity index (χ0v) is 18.1. The Labute approximate surface area is 185 Å². The molecule has 0 radical (unpaired) electrons. The molecule has 0 saturated carbocycles. The number of aryl methyl sites for hydroxylation is 1. The molecule has 0 amide bonds. The molecule has 1 aliphatic heterocycles. The minimum Gasteiger partial charge on any atom is -0.481 e. The first-order valence-electron chi connectivity index (χ1n) is 10.7. The average Bonchev–Trinajstić information content (AvgIpc) is 3.06. The van der Waals surface area contributed by atoms with E-state index in [0.717, 1.165) is 40.6 Å². The van der Waals surface area contributed by atoms with Crippen molar-refractivity contribution in [1.29, 1.82) is 0 Å². The van der Waals surface area contributed by atoms with Crippen molar-refractivity contribution in [2.24, 2.45) is 0 Å². The molecule has 166 valence electrons. The van der Waals surface area contributed by atoms with Crippen LogP contribution in [0, 0.1) is 5.82 Å². The SMILES string of the molecule is CC1(C)CCc2cccc3c(-c4ccc(F)cc4)c(C=CC(O)CC(=O)CC(=O)O)n1c23. The van der Waals surface area contributed by atoms with Crippen molar-refractivity contribution in [3.05, 3.63) is 65.6 Å². The lowest BCUT2D eigenvalue weighted by Crippen LogP contribution is -2.31. The lowest BCUT2D eigenvalue weighted by molar-refractivity contribution is -0.140. The third kappa shape index (κ3) is 4.10. The summed E-state index contributed by atoms with van der Waals surface area (Å²) in [6, 6.07) is 12.6. The Bertz CT molecular complexity index is 1220. The summed E-state index contributed by atoms with van der Waals surface area (Å²) in [5.74, 6) is -2.05. The molecule has 2 aromatic carbocycles. The maximum absolute atomic E-state index is 13.6. The number of hydrogen-bond acceptors (Lipinski definition) is 3. The number of para-hydroxylation sites is 1. The summed E-state index contributed by atoms with van der Waals surface area (Å²) >= 11 is 0. The number of nitrogens with zero attached hydrogens (tertiary/aromatic N) is 1. The highest BCUT2D eigenvalue weighted by molar-refractivity contribution is 6.02. The number of rotatable bonds is 7. The monoisotopic (exact) mass is 435 g/mol. The van der Waals surface area contributed by atoms with Gasteiger partial charge in [-0.3, -0.25) is 9.59 Å². The van der Waals surface area contributed by atoms with Gasteiger partial charge in [-0.1, -0.05) is 36.4 Å². The first-order chi connectivity index (χ1) is 15.2. The number of carbonyl (C=O) groups is 2. The Hall–Kier alpha value is -3.25. The van der Waals surface area contributed by atoms with Gasteiger partial charge in [-0.2, -0.15) is 0 Å². The lowest BCUT2D eigenvalue weighted by Gasteiger charge is -2.34. The standard InChI is InChI=1S/C26H26FNO4/c1-26(2)13-12-17-4-3-5-21-24(16-6-8-18(27)9-7-16)22(28(26)25(17)21)11-10-19(29)14-20(30)15-23(31)32/h3-11,19,29H,12-15H2,1-2H3,(H,31,32). The summed E-state index contributed by atoms with van der Waals surface area (Å²) in [6.45, 7) is 4.34. The molecule has 3 aromatic rings. The van der Waals surface area contributed by atoms with E-state index in [-0.39, 0.29) is 17.8 Å². The van der Waals surface area contributed by atoms with Crippen LogP contribution in [0.3, 0.4) is 0 Å². The number of aliphatic hydroxyl groups is 1. The van der Waals surface area contributed by atoms with E-state index in [1.165, 1.54) is 23.8 Å². The van der Waals surface area contributed by atoms with Crippen molar-refractivity contribution in [3.63, 3.8) is 0 Å². The number of carboxylic acid groups (broad SMARTS) is 1. The van der Waals surface area contributed by atoms with Gasteiger partial charge in [0.15, 0.2) is 0 Å². The molecule has 1 atom stereocenters. The molecule has 0 aliphatic carbocycles. The molecule has 32 heavy (non-hydrogen) atoms. The van der Waals surface area contributed by atoms with E-state index in [1.807, 2.05) is 6.07 Å². The van der Waals surface area contributed by atoms with Crippen molar-refractivity contribution < 1.29 is 24.2 Å². The van der Waals surface area contributed by atoms with E-state index in [0.29, 0.717) is 0 Å². The first kappa shape index (κ1) is 22.0. The van der Waals surface area contributed by atoms with Crippen LogP contribution in [0.4, 0.5) is 4.39 Å². The van der Waals surface area contributed by atoms with Gasteiger partial charge in [-0.25, -0.2) is 4.39 Å². The van der Waals surface area contributed by atoms with Crippen LogP contribution in [0.5, 0.6) is 0 Å². The molecule has 4 rings (SSSR count). The number of ketones is 1. The fourth-order valence-electron chi connectivity index (χ4n) is 4.63. The zero-order chi connectivity index (χ0) is 23.0. The van der Waals surface area contributed by atoms with E-state index in [9.17, 15) is 19.1 Å². The average molecular weight is 435 g/mol. The van der Waals surface area contributed by atoms with Gasteiger partial charge in [0.1, 0.15) is 18.0 Å². The second kappa shape index (κ2) is 8.36. The van der Waals surface area contributed by atoms with E-state index >= 15 is 0 Å². The number of carbonyl (C=O) groups excluding carboxylic acids is 1. The number of halogens is 1. The number of aliphatic carboxylic acids is 1. The van der Waals surface area contributed by atoms with Gasteiger partial charge in [0.05, 0.1) is 11.6 Å². The van der Waals surface area contributed by atoms with Crippen molar-refractivity contribution in [2.45, 2.75) is 51.2 Å². The quantitative estimate of drug-likeness (QED) is 0.516. The highest BCUT2D eigenvalue weighted by Crippen LogP contribution is 2.44. The van der Waals surface area contributed by atoms with Gasteiger partial charge < -0.3 is 14.8 Å². The van der Waals surface area contributed by atoms with Crippen LogP contribution in [-0.4, -0.2) is 32.6 Å². The van der Waals surface area contributed by atoms with Crippen LogP contribution in [0.1, 0.15) is 44.4 Å². The predicted octanol–water partition coefficient (Wildman–Crippen LogP) is 4.94. The minimum absolute atomic E-state index is 0.186. The highest BCUT2D eigenvalue weighted by atomic mass is 19.1. The molecule has 0 saturated heterocycles. The number of Topliss-reactive ketones (excluding diaryl/α,β-unsaturated/α-hetero) is 1. The largest absolute Gasteiger partial charge is 0.481 e. The Morgan fingerprint density at radius 3 is 2.59 bits per heavy atom. The third-order valence-corrected chi connectivity index (χ3v) is 6.12. The van der Waals surface area contributed by atoms with Crippen LogP contribution in [-0.2, 0) is 21.5 Å². The molecular formula is C26H26FNO4. The van der Waals surface area contributed by atoms with E-state index in [1.54, 1.807) is 18.2 Å². The zero-order valence-electron chi connectivity index (χ0n) is 18.1. The van der Waals surface area contributed by atoms with Crippen molar-refractivity contribution in [1.82, 2.24) is 4.57 Å². The molecule has 0 fully saturated rings. The Kier molecular flexibility index (Phi) is 5.73. The Morgan fingerprint density at radius 2 is 1.91 bits per heavy atom. The number of benzene rings is 2. The first-order valence-corrected chi connectivity index (χ1v) is 10.7. The lowest BCUT2D eigenvalue weighted by atomic mass is 9.90. The van der Waals surface area contributed by atoms with Crippen molar-refractivity contribution in [2.75, 3.05) is 0 Å². The van der Waals surface area contributed by atoms with E-state index < -0.39 is 24.3 Å². The Morgan fingerprint density at radius 1 is 1.19 bits per heavy atom. The van der Waals surface area contributed by atoms with Gasteiger partial charge in [-0.05, 0) is 56.0 Å². The van der Waals surface area contributed by atoms with E-state index in [2.05, 4.69) is 30.5 Å². The number of hydrogen-bond donors (Lipinski definition) is 2. The van der Waals surface area contributed by atoms with Gasteiger partial charge in [0.2, 0.25) is 0 Å². The number of aliphatic hydroxyl groups excluding tert-OH is 1. The summed E-state index contributed by atoms with van der Waals surface area (Å²) in [7, 11) is 0. The number of carboxylic acids is 1. The molecule has 5 nitrogen and oxygen atoms in total. The molecular weight excluding hydrogens is 409 g/mol. The van der Waals surface area contributed by atoms with Gasteiger partial charge in [-0.15, -0.1) is 0 Å². The number of aromatic nitrogens is 1. The fraction of sp³-hybridized carbons (Fsp3) is 0.308. The van der Waals surface area contributed by atoms with Crippen molar-refractivity contribution >= 4 is 28.7 Å². The summed E-state index contributed by atoms with van der Waals surface area (Å²) in [5, 5.41) is 20.2. The van der Waals surface area contributed by atoms with Gasteiger partial charge in [0, 0.05) is 28.6 Å².